The van der Waals surface area contributed by atoms with Gasteiger partial charge in [-0.05, 0) is 0 Å². The Labute approximate surface area is 208 Å². The summed E-state index contributed by atoms with van der Waals surface area (Å²) in [6, 6.07) is 0. The SMILES string of the molecule is O=C(OI(OC(=O)C(F)(F)F)C(F)(F)C(F)(F)C(F)(F)C(F)(F)C(F)(F)C(F)(F)C(F)(F)C(F)(F)F)C(F)(F)F. The van der Waals surface area contributed by atoms with E-state index in [2.05, 4.69) is 6.13 Å². The summed E-state index contributed by atoms with van der Waals surface area (Å²) < 4.78 is 293. The number of carbonyl (C=O) groups excluding carboxylic acids is 2. The van der Waals surface area contributed by atoms with E-state index >= 15 is 0 Å². The first-order valence-corrected chi connectivity index (χ1v) is 10.8. The molecule has 0 bridgehead atoms. The Kier molecular flexibility index (Phi) is 9.61. The van der Waals surface area contributed by atoms with Gasteiger partial charge in [0.05, 0.1) is 0 Å². The van der Waals surface area contributed by atoms with Gasteiger partial charge in [-0.1, -0.05) is 0 Å². The first-order chi connectivity index (χ1) is 16.9. The molecule has 0 saturated carbocycles. The Bertz CT molecular complexity index is 930. The molecular weight excluding hydrogens is 772 g/mol. The first-order valence-electron chi connectivity index (χ1n) is 7.91. The molecule has 0 rings (SSSR count). The molecule has 0 aliphatic rings. The summed E-state index contributed by atoms with van der Waals surface area (Å²) in [4.78, 5) is 21.0. The fourth-order valence-electron chi connectivity index (χ4n) is 1.57. The van der Waals surface area contributed by atoms with Gasteiger partial charge in [-0.25, -0.2) is 0 Å². The molecule has 0 heterocycles. The Morgan fingerprint density at radius 3 is 0.825 bits per heavy atom. The van der Waals surface area contributed by atoms with E-state index in [9.17, 15) is 111 Å². The van der Waals surface area contributed by atoms with Crippen LogP contribution in [0.4, 0.5) is 101 Å². The van der Waals surface area contributed by atoms with E-state index in [-0.39, 0.29) is 0 Å². The van der Waals surface area contributed by atoms with Crippen LogP contribution in [-0.2, 0) is 15.7 Å². The van der Waals surface area contributed by atoms with Crippen molar-refractivity contribution in [3.05, 3.63) is 0 Å². The molecule has 4 nitrogen and oxygen atoms in total. The molecule has 28 heteroatoms. The zero-order chi connectivity index (χ0) is 33.1. The van der Waals surface area contributed by atoms with Gasteiger partial charge in [-0.2, -0.15) is 0 Å². The number of alkyl halides is 24. The maximum absolute atomic E-state index is 14.0. The van der Waals surface area contributed by atoms with Crippen LogP contribution in [0.1, 0.15) is 0 Å². The number of carbonyl (C=O) groups is 2. The van der Waals surface area contributed by atoms with Crippen molar-refractivity contribution in [2.45, 2.75) is 58.0 Å². The molecule has 0 N–H and O–H groups in total. The summed E-state index contributed by atoms with van der Waals surface area (Å²) in [5, 5.41) is 0. The molecule has 0 aromatic heterocycles. The van der Waals surface area contributed by atoms with Crippen molar-refractivity contribution in [1.29, 1.82) is 0 Å². The van der Waals surface area contributed by atoms with Crippen LogP contribution in [0.3, 0.4) is 0 Å². The molecule has 0 aromatic carbocycles. The molecule has 0 atom stereocenters. The Balaban J connectivity index is 7.17. The van der Waals surface area contributed by atoms with Crippen LogP contribution in [0, 0.1) is 0 Å². The maximum atomic E-state index is 14.0. The van der Waals surface area contributed by atoms with E-state index in [0.717, 1.165) is 0 Å². The minimum absolute atomic E-state index is 2.23. The molecule has 0 fully saturated rings. The molecule has 0 aromatic rings. The van der Waals surface area contributed by atoms with Crippen molar-refractivity contribution in [3.8, 4) is 0 Å². The van der Waals surface area contributed by atoms with Gasteiger partial charge in [-0.15, -0.1) is 0 Å². The standard InChI is InChI=1S/C12F23IO4/c13-3(14,15)1(37)39-36(40-2(38)4(16,17)18)12(34,35)10(29,30)8(25,26)6(21,22)5(19,20)7(23,24)9(27,28)11(31,32)33. The van der Waals surface area contributed by atoms with Gasteiger partial charge >= 0.3 is 207 Å². The third-order valence-electron chi connectivity index (χ3n) is 3.62. The van der Waals surface area contributed by atoms with E-state index in [0.29, 0.717) is 0 Å². The molecule has 0 amide bonds. The summed E-state index contributed by atoms with van der Waals surface area (Å²) in [5.41, 5.74) is 0. The normalized spacial score (nSPS) is 16.0. The number of hydrogen-bond donors (Lipinski definition) is 0. The number of rotatable bonds is 9. The molecule has 0 radical (unpaired) electrons. The van der Waals surface area contributed by atoms with E-state index in [1.54, 1.807) is 0 Å². The van der Waals surface area contributed by atoms with Crippen LogP contribution in [0.25, 0.3) is 0 Å². The topological polar surface area (TPSA) is 52.6 Å². The monoisotopic (exact) mass is 772 g/mol. The number of hydrogen-bond acceptors (Lipinski definition) is 4. The van der Waals surface area contributed by atoms with E-state index in [1.807, 2.05) is 0 Å². The van der Waals surface area contributed by atoms with Gasteiger partial charge in [0, 0.05) is 0 Å². The van der Waals surface area contributed by atoms with Gasteiger partial charge in [0.2, 0.25) is 0 Å². The Hall–Kier alpha value is -1.94. The van der Waals surface area contributed by atoms with Crippen molar-refractivity contribution in [3.63, 3.8) is 0 Å². The zero-order valence-corrected chi connectivity index (χ0v) is 18.9. The summed E-state index contributed by atoms with van der Waals surface area (Å²) in [6.07, 6.45) is -21.7. The quantitative estimate of drug-likeness (QED) is 0.139. The Morgan fingerprint density at radius 2 is 0.600 bits per heavy atom. The summed E-state index contributed by atoms with van der Waals surface area (Å²) in [6.45, 7) is 0. The number of halogens is 24. The van der Waals surface area contributed by atoms with E-state index in [1.165, 1.54) is 0 Å². The average molecular weight is 772 g/mol. The van der Waals surface area contributed by atoms with E-state index < -0.39 is 90.6 Å². The fourth-order valence-corrected chi connectivity index (χ4v) is 4.33. The average Bonchev–Trinajstić information content (AvgIpc) is 2.69. The molecular formula is C12F23IO4. The Morgan fingerprint density at radius 1 is 0.375 bits per heavy atom. The predicted molar refractivity (Wildman–Crippen MR) is 79.0 cm³/mol. The summed E-state index contributed by atoms with van der Waals surface area (Å²) in [5.74, 6) is -62.8. The van der Waals surface area contributed by atoms with Crippen LogP contribution in [0.2, 0.25) is 0 Å². The van der Waals surface area contributed by atoms with Crippen molar-refractivity contribution < 1.29 is 117 Å². The van der Waals surface area contributed by atoms with Crippen molar-refractivity contribution >= 4 is 32.6 Å². The second-order valence-corrected chi connectivity index (χ2v) is 9.86. The summed E-state index contributed by atoms with van der Waals surface area (Å²) >= 11 is -8.25. The van der Waals surface area contributed by atoms with Crippen molar-refractivity contribution in [1.82, 2.24) is 0 Å². The molecule has 0 spiro atoms. The van der Waals surface area contributed by atoms with Crippen LogP contribution in [-0.4, -0.2) is 69.9 Å². The van der Waals surface area contributed by atoms with Crippen LogP contribution in [0.5, 0.6) is 0 Å². The molecule has 40 heavy (non-hydrogen) atoms. The van der Waals surface area contributed by atoms with Gasteiger partial charge in [-0.3, -0.25) is 0 Å². The zero-order valence-electron chi connectivity index (χ0n) is 16.7. The second-order valence-electron chi connectivity index (χ2n) is 6.38. The van der Waals surface area contributed by atoms with E-state index in [4.69, 9.17) is 0 Å². The third-order valence-corrected chi connectivity index (χ3v) is 7.00. The summed E-state index contributed by atoms with van der Waals surface area (Å²) in [7, 11) is 0. The van der Waals surface area contributed by atoms with Gasteiger partial charge in [0.1, 0.15) is 0 Å². The first kappa shape index (κ1) is 38.1. The van der Waals surface area contributed by atoms with Crippen LogP contribution >= 0.6 is 20.6 Å². The van der Waals surface area contributed by atoms with Crippen molar-refractivity contribution in [2.24, 2.45) is 0 Å². The molecule has 0 unspecified atom stereocenters. The second kappa shape index (κ2) is 10.1. The van der Waals surface area contributed by atoms with Gasteiger partial charge < -0.3 is 0 Å². The molecule has 240 valence electrons. The minimum atomic E-state index is -9.25. The van der Waals surface area contributed by atoms with Gasteiger partial charge in [0.25, 0.3) is 0 Å². The van der Waals surface area contributed by atoms with Gasteiger partial charge in [0.15, 0.2) is 0 Å². The van der Waals surface area contributed by atoms with Crippen LogP contribution in [0.15, 0.2) is 0 Å². The fraction of sp³-hybridized carbons (Fsp3) is 0.833. The molecule has 0 saturated heterocycles. The van der Waals surface area contributed by atoms with Crippen molar-refractivity contribution in [2.75, 3.05) is 0 Å². The third kappa shape index (κ3) is 5.85. The molecule has 0 aliphatic heterocycles. The van der Waals surface area contributed by atoms with Crippen LogP contribution < -0.4 is 0 Å². The predicted octanol–water partition coefficient (Wildman–Crippen LogP) is 7.50. The molecule has 0 aliphatic carbocycles.